The second-order valence-electron chi connectivity index (χ2n) is 5.66. The molecule has 2 rings (SSSR count). The summed E-state index contributed by atoms with van der Waals surface area (Å²) in [5.74, 6) is 6.35. The third-order valence-electron chi connectivity index (χ3n) is 3.92. The maximum atomic E-state index is 12.5. The highest BCUT2D eigenvalue weighted by Crippen LogP contribution is 2.24. The summed E-state index contributed by atoms with van der Waals surface area (Å²) in [5.41, 5.74) is 6.69. The van der Waals surface area contributed by atoms with Gasteiger partial charge in [0.15, 0.2) is 0 Å². The highest BCUT2D eigenvalue weighted by atomic mass is 16.2. The lowest BCUT2D eigenvalue weighted by Crippen LogP contribution is -2.32. The Balaban J connectivity index is 2.01. The Labute approximate surface area is 126 Å². The molecule has 0 saturated heterocycles. The second kappa shape index (κ2) is 7.80. The van der Waals surface area contributed by atoms with Crippen molar-refractivity contribution in [1.82, 2.24) is 9.88 Å². The van der Waals surface area contributed by atoms with Crippen LogP contribution in [-0.4, -0.2) is 35.9 Å². The van der Waals surface area contributed by atoms with Crippen molar-refractivity contribution in [2.24, 2.45) is 11.7 Å². The lowest BCUT2D eigenvalue weighted by atomic mass is 9.89. The molecule has 0 spiro atoms. The quantitative estimate of drug-likeness (QED) is 0.865. The fourth-order valence-corrected chi connectivity index (χ4v) is 2.84. The zero-order valence-electron chi connectivity index (χ0n) is 12.6. The predicted molar refractivity (Wildman–Crippen MR) is 83.7 cm³/mol. The van der Waals surface area contributed by atoms with Gasteiger partial charge in [-0.25, -0.2) is 0 Å². The largest absolute Gasteiger partial charge is 0.341 e. The summed E-state index contributed by atoms with van der Waals surface area (Å²) in [6.45, 7) is 1.14. The Morgan fingerprint density at radius 2 is 2.14 bits per heavy atom. The van der Waals surface area contributed by atoms with Gasteiger partial charge in [0.05, 0.1) is 12.1 Å². The zero-order valence-corrected chi connectivity index (χ0v) is 12.6. The first-order valence-corrected chi connectivity index (χ1v) is 7.60. The Hall–Kier alpha value is -1.86. The van der Waals surface area contributed by atoms with Crippen LogP contribution in [0.4, 0.5) is 0 Å². The first-order chi connectivity index (χ1) is 10.2. The van der Waals surface area contributed by atoms with Gasteiger partial charge < -0.3 is 10.6 Å². The fraction of sp³-hybridized carbons (Fsp3) is 0.529. The van der Waals surface area contributed by atoms with Crippen LogP contribution in [0.25, 0.3) is 0 Å². The van der Waals surface area contributed by atoms with Crippen LogP contribution < -0.4 is 5.73 Å². The molecule has 1 aliphatic carbocycles. The van der Waals surface area contributed by atoms with Crippen molar-refractivity contribution in [3.8, 4) is 11.8 Å². The summed E-state index contributed by atoms with van der Waals surface area (Å²) >= 11 is 0. The predicted octanol–water partition coefficient (Wildman–Crippen LogP) is 2.04. The van der Waals surface area contributed by atoms with Gasteiger partial charge in [-0.2, -0.15) is 0 Å². The van der Waals surface area contributed by atoms with Crippen LogP contribution in [0.1, 0.15) is 48.0 Å². The number of amides is 1. The summed E-state index contributed by atoms with van der Waals surface area (Å²) in [6.07, 6.45) is 9.64. The number of aromatic nitrogens is 1. The molecule has 0 bridgehead atoms. The van der Waals surface area contributed by atoms with Crippen LogP contribution in [0.5, 0.6) is 0 Å². The molecule has 4 heteroatoms. The van der Waals surface area contributed by atoms with E-state index in [1.165, 1.54) is 32.1 Å². The Bertz CT molecular complexity index is 538. The van der Waals surface area contributed by atoms with E-state index in [1.807, 2.05) is 11.9 Å². The van der Waals surface area contributed by atoms with E-state index < -0.39 is 0 Å². The van der Waals surface area contributed by atoms with Gasteiger partial charge in [0.2, 0.25) is 0 Å². The number of nitrogens with zero attached hydrogens (tertiary/aromatic N) is 2. The number of pyridine rings is 1. The Morgan fingerprint density at radius 3 is 2.86 bits per heavy atom. The Kier molecular flexibility index (Phi) is 5.77. The number of carbonyl (C=O) groups excluding carboxylic acids is 1. The average Bonchev–Trinajstić information content (AvgIpc) is 2.53. The van der Waals surface area contributed by atoms with E-state index in [9.17, 15) is 4.79 Å². The minimum atomic E-state index is 0.0180. The molecule has 1 fully saturated rings. The molecular weight excluding hydrogens is 262 g/mol. The highest BCUT2D eigenvalue weighted by Gasteiger charge is 2.19. The van der Waals surface area contributed by atoms with E-state index in [-0.39, 0.29) is 5.91 Å². The third kappa shape index (κ3) is 4.57. The van der Waals surface area contributed by atoms with Crippen LogP contribution in [0, 0.1) is 17.8 Å². The summed E-state index contributed by atoms with van der Waals surface area (Å²) in [4.78, 5) is 18.4. The second-order valence-corrected chi connectivity index (χ2v) is 5.66. The molecule has 0 aromatic carbocycles. The fourth-order valence-electron chi connectivity index (χ4n) is 2.84. The molecule has 2 N–H and O–H groups in total. The van der Waals surface area contributed by atoms with Gasteiger partial charge in [-0.3, -0.25) is 9.78 Å². The lowest BCUT2D eigenvalue weighted by Gasteiger charge is -2.27. The van der Waals surface area contributed by atoms with E-state index in [2.05, 4.69) is 16.8 Å². The molecule has 1 saturated carbocycles. The normalized spacial score (nSPS) is 15.1. The van der Waals surface area contributed by atoms with E-state index in [0.717, 1.165) is 12.1 Å². The molecule has 0 radical (unpaired) electrons. The summed E-state index contributed by atoms with van der Waals surface area (Å²) in [7, 11) is 1.87. The van der Waals surface area contributed by atoms with Crippen LogP contribution >= 0.6 is 0 Å². The topological polar surface area (TPSA) is 59.2 Å². The number of hydrogen-bond acceptors (Lipinski definition) is 3. The van der Waals surface area contributed by atoms with Crippen LogP contribution in [0.2, 0.25) is 0 Å². The maximum Gasteiger partial charge on any atom is 0.255 e. The molecule has 1 aromatic heterocycles. The lowest BCUT2D eigenvalue weighted by molar-refractivity contribution is 0.0760. The van der Waals surface area contributed by atoms with Crippen molar-refractivity contribution in [2.45, 2.75) is 32.1 Å². The van der Waals surface area contributed by atoms with Gasteiger partial charge in [0, 0.05) is 31.5 Å². The summed E-state index contributed by atoms with van der Waals surface area (Å²) in [5, 5.41) is 0. The minimum absolute atomic E-state index is 0.0180. The molecule has 1 aliphatic rings. The third-order valence-corrected chi connectivity index (χ3v) is 3.92. The highest BCUT2D eigenvalue weighted by molar-refractivity contribution is 5.94. The standard InChI is InChI=1S/C17H23N3O/c1-20(13-14-6-3-2-4-7-14)17(21)16-10-15(8-5-9-18)11-19-12-16/h10-12,14H,2-4,6-7,9,13,18H2,1H3. The van der Waals surface area contributed by atoms with E-state index in [4.69, 9.17) is 5.73 Å². The monoisotopic (exact) mass is 285 g/mol. The molecule has 0 unspecified atom stereocenters. The van der Waals surface area contributed by atoms with Crippen molar-refractivity contribution in [3.63, 3.8) is 0 Å². The average molecular weight is 285 g/mol. The van der Waals surface area contributed by atoms with Crippen LogP contribution in [0.3, 0.4) is 0 Å². The molecule has 21 heavy (non-hydrogen) atoms. The number of nitrogens with two attached hydrogens (primary N) is 1. The first-order valence-electron chi connectivity index (χ1n) is 7.60. The van der Waals surface area contributed by atoms with Gasteiger partial charge in [-0.1, -0.05) is 31.1 Å². The molecule has 1 heterocycles. The molecule has 112 valence electrons. The van der Waals surface area contributed by atoms with Gasteiger partial charge in [0.1, 0.15) is 0 Å². The van der Waals surface area contributed by atoms with E-state index >= 15 is 0 Å². The molecule has 0 aliphatic heterocycles. The van der Waals surface area contributed by atoms with E-state index in [1.54, 1.807) is 18.5 Å². The molecular formula is C17H23N3O. The van der Waals surface area contributed by atoms with Crippen molar-refractivity contribution in [3.05, 3.63) is 29.6 Å². The van der Waals surface area contributed by atoms with Crippen molar-refractivity contribution < 1.29 is 4.79 Å². The number of carbonyl (C=O) groups is 1. The zero-order chi connectivity index (χ0) is 15.1. The van der Waals surface area contributed by atoms with Gasteiger partial charge in [0.25, 0.3) is 5.91 Å². The van der Waals surface area contributed by atoms with Crippen molar-refractivity contribution in [2.75, 3.05) is 20.1 Å². The minimum Gasteiger partial charge on any atom is -0.341 e. The van der Waals surface area contributed by atoms with Crippen molar-refractivity contribution >= 4 is 5.91 Å². The smallest absolute Gasteiger partial charge is 0.255 e. The van der Waals surface area contributed by atoms with Crippen LogP contribution in [0.15, 0.2) is 18.5 Å². The number of rotatable bonds is 3. The van der Waals surface area contributed by atoms with Gasteiger partial charge >= 0.3 is 0 Å². The molecule has 0 atom stereocenters. The number of hydrogen-bond donors (Lipinski definition) is 1. The van der Waals surface area contributed by atoms with E-state index in [0.29, 0.717) is 18.0 Å². The first kappa shape index (κ1) is 15.5. The summed E-state index contributed by atoms with van der Waals surface area (Å²) in [6, 6.07) is 1.79. The summed E-state index contributed by atoms with van der Waals surface area (Å²) < 4.78 is 0. The molecule has 1 aromatic rings. The van der Waals surface area contributed by atoms with Crippen molar-refractivity contribution in [1.29, 1.82) is 0 Å². The SMILES string of the molecule is CN(CC1CCCCC1)C(=O)c1cncc(C#CCN)c1. The van der Waals surface area contributed by atoms with Gasteiger partial charge in [-0.05, 0) is 24.8 Å². The van der Waals surface area contributed by atoms with Gasteiger partial charge in [-0.15, -0.1) is 0 Å². The maximum absolute atomic E-state index is 12.5. The Morgan fingerprint density at radius 1 is 1.38 bits per heavy atom. The molecule has 1 amide bonds. The van der Waals surface area contributed by atoms with Crippen LogP contribution in [-0.2, 0) is 0 Å². The molecule has 4 nitrogen and oxygen atoms in total.